The van der Waals surface area contributed by atoms with Crippen molar-refractivity contribution in [3.8, 4) is 0 Å². The molecule has 1 N–H and O–H groups in total. The molecule has 0 fully saturated rings. The van der Waals surface area contributed by atoms with Crippen LogP contribution in [0.25, 0.3) is 0 Å². The van der Waals surface area contributed by atoms with Crippen molar-refractivity contribution in [3.63, 3.8) is 0 Å². The number of benzene rings is 1. The average Bonchev–Trinajstić information content (AvgIpc) is 2.81. The topological polar surface area (TPSA) is 37.8 Å². The Hall–Kier alpha value is -1.42. The van der Waals surface area contributed by atoms with Crippen molar-refractivity contribution in [1.82, 2.24) is 10.2 Å². The summed E-state index contributed by atoms with van der Waals surface area (Å²) < 4.78 is 0. The molecule has 0 saturated heterocycles. The van der Waals surface area contributed by atoms with Gasteiger partial charge in [-0.15, -0.1) is 10.2 Å². The number of hydrogen-bond acceptors (Lipinski definition) is 4. The van der Waals surface area contributed by atoms with Crippen molar-refractivity contribution in [3.05, 3.63) is 39.3 Å². The maximum absolute atomic E-state index is 4.17. The Balaban J connectivity index is 2.22. The van der Waals surface area contributed by atoms with Gasteiger partial charge in [-0.05, 0) is 30.4 Å². The van der Waals surface area contributed by atoms with E-state index < -0.39 is 0 Å². The summed E-state index contributed by atoms with van der Waals surface area (Å²) in [7, 11) is 0. The highest BCUT2D eigenvalue weighted by Gasteiger charge is 2.10. The summed E-state index contributed by atoms with van der Waals surface area (Å²) >= 11 is 1.65. The van der Waals surface area contributed by atoms with Gasteiger partial charge in [0.2, 0.25) is 0 Å². The SMILES string of the molecule is CCc1cccc(C(C)C)c1NCc1nnc(C)s1. The van der Waals surface area contributed by atoms with Crippen LogP contribution in [0.15, 0.2) is 18.2 Å². The maximum atomic E-state index is 4.17. The van der Waals surface area contributed by atoms with Crippen LogP contribution in [0.2, 0.25) is 0 Å². The first-order chi connectivity index (χ1) is 9.11. The Labute approximate surface area is 119 Å². The lowest BCUT2D eigenvalue weighted by Gasteiger charge is -2.17. The molecule has 2 aromatic rings. The van der Waals surface area contributed by atoms with Gasteiger partial charge in [0, 0.05) is 5.69 Å². The van der Waals surface area contributed by atoms with Gasteiger partial charge in [0.05, 0.1) is 6.54 Å². The van der Waals surface area contributed by atoms with Crippen LogP contribution in [0.4, 0.5) is 5.69 Å². The van der Waals surface area contributed by atoms with Crippen molar-refractivity contribution < 1.29 is 0 Å². The number of hydrogen-bond donors (Lipinski definition) is 1. The zero-order chi connectivity index (χ0) is 13.8. The standard InChI is InChI=1S/C15H21N3S/c1-5-12-7-6-8-13(10(2)3)15(12)16-9-14-18-17-11(4)19-14/h6-8,10,16H,5,9H2,1-4H3. The quantitative estimate of drug-likeness (QED) is 0.891. The summed E-state index contributed by atoms with van der Waals surface area (Å²) in [6, 6.07) is 6.55. The third-order valence-electron chi connectivity index (χ3n) is 3.17. The largest absolute Gasteiger partial charge is 0.378 e. The fraction of sp³-hybridized carbons (Fsp3) is 0.467. The van der Waals surface area contributed by atoms with Crippen molar-refractivity contribution in [2.45, 2.75) is 46.6 Å². The fourth-order valence-electron chi connectivity index (χ4n) is 2.18. The molecule has 1 aromatic carbocycles. The molecule has 0 unspecified atom stereocenters. The van der Waals surface area contributed by atoms with Gasteiger partial charge in [-0.25, -0.2) is 0 Å². The number of para-hydroxylation sites is 1. The number of nitrogens with zero attached hydrogens (tertiary/aromatic N) is 2. The summed E-state index contributed by atoms with van der Waals surface area (Å²) in [4.78, 5) is 0. The molecule has 102 valence electrons. The first kappa shape index (κ1) is 14.0. The minimum atomic E-state index is 0.519. The second kappa shape index (κ2) is 6.15. The molecule has 3 nitrogen and oxygen atoms in total. The molecule has 0 aliphatic heterocycles. The van der Waals surface area contributed by atoms with E-state index in [9.17, 15) is 0 Å². The van der Waals surface area contributed by atoms with E-state index in [1.807, 2.05) is 6.92 Å². The third kappa shape index (κ3) is 3.32. The van der Waals surface area contributed by atoms with Gasteiger partial charge in [0.25, 0.3) is 0 Å². The number of aromatic nitrogens is 2. The van der Waals surface area contributed by atoms with E-state index in [-0.39, 0.29) is 0 Å². The Kier molecular flexibility index (Phi) is 4.53. The molecule has 4 heteroatoms. The van der Waals surface area contributed by atoms with E-state index in [0.29, 0.717) is 5.92 Å². The summed E-state index contributed by atoms with van der Waals surface area (Å²) in [6.45, 7) is 9.40. The number of rotatable bonds is 5. The third-order valence-corrected chi connectivity index (χ3v) is 4.01. The van der Waals surface area contributed by atoms with Crippen LogP contribution in [0.1, 0.15) is 47.8 Å². The molecule has 0 saturated carbocycles. The van der Waals surface area contributed by atoms with E-state index in [2.05, 4.69) is 54.5 Å². The van der Waals surface area contributed by atoms with Gasteiger partial charge in [-0.2, -0.15) is 0 Å². The molecule has 0 radical (unpaired) electrons. The van der Waals surface area contributed by atoms with Crippen LogP contribution in [-0.2, 0) is 13.0 Å². The van der Waals surface area contributed by atoms with Crippen LogP contribution in [0.3, 0.4) is 0 Å². The van der Waals surface area contributed by atoms with Crippen molar-refractivity contribution in [2.24, 2.45) is 0 Å². The predicted molar refractivity (Wildman–Crippen MR) is 81.9 cm³/mol. The molecule has 0 spiro atoms. The second-order valence-corrected chi connectivity index (χ2v) is 6.22. The summed E-state index contributed by atoms with van der Waals surface area (Å²) in [6.07, 6.45) is 1.04. The van der Waals surface area contributed by atoms with Gasteiger partial charge < -0.3 is 5.32 Å². The molecular formula is C15H21N3S. The fourth-order valence-corrected chi connectivity index (χ4v) is 2.83. The minimum Gasteiger partial charge on any atom is -0.378 e. The highest BCUT2D eigenvalue weighted by Crippen LogP contribution is 2.28. The highest BCUT2D eigenvalue weighted by molar-refractivity contribution is 7.11. The molecule has 1 heterocycles. The number of aryl methyl sites for hydroxylation is 2. The van der Waals surface area contributed by atoms with Gasteiger partial charge >= 0.3 is 0 Å². The smallest absolute Gasteiger partial charge is 0.136 e. The van der Waals surface area contributed by atoms with Crippen molar-refractivity contribution in [2.75, 3.05) is 5.32 Å². The van der Waals surface area contributed by atoms with E-state index in [1.54, 1.807) is 11.3 Å². The molecule has 0 bridgehead atoms. The molecule has 19 heavy (non-hydrogen) atoms. The van der Waals surface area contributed by atoms with Gasteiger partial charge in [0.15, 0.2) is 0 Å². The zero-order valence-corrected chi connectivity index (χ0v) is 12.8. The Morgan fingerprint density at radius 3 is 2.63 bits per heavy atom. The molecular weight excluding hydrogens is 254 g/mol. The van der Waals surface area contributed by atoms with Crippen molar-refractivity contribution >= 4 is 17.0 Å². The molecule has 0 atom stereocenters. The van der Waals surface area contributed by atoms with E-state index >= 15 is 0 Å². The normalized spacial score (nSPS) is 11.0. The van der Waals surface area contributed by atoms with Crippen molar-refractivity contribution in [1.29, 1.82) is 0 Å². The van der Waals surface area contributed by atoms with Crippen LogP contribution in [-0.4, -0.2) is 10.2 Å². The summed E-state index contributed by atoms with van der Waals surface area (Å²) in [5, 5.41) is 13.8. The molecule has 0 amide bonds. The lowest BCUT2D eigenvalue weighted by Crippen LogP contribution is -2.06. The predicted octanol–water partition coefficient (Wildman–Crippen LogP) is 4.14. The van der Waals surface area contributed by atoms with E-state index in [1.165, 1.54) is 16.8 Å². The maximum Gasteiger partial charge on any atom is 0.136 e. The van der Waals surface area contributed by atoms with Crippen LogP contribution in [0, 0.1) is 6.92 Å². The lowest BCUT2D eigenvalue weighted by atomic mass is 9.96. The monoisotopic (exact) mass is 275 g/mol. The van der Waals surface area contributed by atoms with E-state index in [4.69, 9.17) is 0 Å². The summed E-state index contributed by atoms with van der Waals surface area (Å²) in [5.74, 6) is 0.519. The highest BCUT2D eigenvalue weighted by atomic mass is 32.1. The number of anilines is 1. The molecule has 0 aliphatic carbocycles. The Bertz CT molecular complexity index is 546. The first-order valence-electron chi connectivity index (χ1n) is 6.76. The first-order valence-corrected chi connectivity index (χ1v) is 7.58. The second-order valence-electron chi connectivity index (χ2n) is 4.96. The molecule has 1 aromatic heterocycles. The Morgan fingerprint density at radius 2 is 2.05 bits per heavy atom. The van der Waals surface area contributed by atoms with Crippen LogP contribution < -0.4 is 5.32 Å². The molecule has 0 aliphatic rings. The zero-order valence-electron chi connectivity index (χ0n) is 12.0. The average molecular weight is 275 g/mol. The van der Waals surface area contributed by atoms with Gasteiger partial charge in [-0.3, -0.25) is 0 Å². The van der Waals surface area contributed by atoms with Gasteiger partial charge in [0.1, 0.15) is 10.0 Å². The van der Waals surface area contributed by atoms with Crippen LogP contribution >= 0.6 is 11.3 Å². The molecule has 2 rings (SSSR count). The number of nitrogens with one attached hydrogen (secondary N) is 1. The van der Waals surface area contributed by atoms with Crippen LogP contribution in [0.5, 0.6) is 0 Å². The lowest BCUT2D eigenvalue weighted by molar-refractivity contribution is 0.859. The Morgan fingerprint density at radius 1 is 1.26 bits per heavy atom. The summed E-state index contributed by atoms with van der Waals surface area (Å²) in [5.41, 5.74) is 4.01. The van der Waals surface area contributed by atoms with E-state index in [0.717, 1.165) is 23.0 Å². The minimum absolute atomic E-state index is 0.519. The van der Waals surface area contributed by atoms with Gasteiger partial charge in [-0.1, -0.05) is 50.3 Å².